The smallest absolute Gasteiger partial charge is 0.239 e. The second kappa shape index (κ2) is 6.36. The van der Waals surface area contributed by atoms with Gasteiger partial charge in [0.25, 0.3) is 0 Å². The van der Waals surface area contributed by atoms with Gasteiger partial charge in [-0.05, 0) is 51.7 Å². The molecule has 0 aromatic rings. The Labute approximate surface area is 105 Å². The summed E-state index contributed by atoms with van der Waals surface area (Å²) in [5.41, 5.74) is 5.17. The Kier molecular flexibility index (Phi) is 5.40. The molecule has 3 N–H and O–H groups in total. The van der Waals surface area contributed by atoms with Crippen LogP contribution in [0.4, 0.5) is 0 Å². The topological polar surface area (TPSA) is 58.4 Å². The van der Waals surface area contributed by atoms with E-state index in [-0.39, 0.29) is 5.91 Å². The fourth-order valence-electron chi connectivity index (χ4n) is 2.51. The fourth-order valence-corrected chi connectivity index (χ4v) is 2.51. The van der Waals surface area contributed by atoms with Gasteiger partial charge < -0.3 is 16.0 Å². The van der Waals surface area contributed by atoms with Crippen molar-refractivity contribution in [2.75, 3.05) is 26.7 Å². The minimum atomic E-state index is -0.500. The van der Waals surface area contributed by atoms with Crippen LogP contribution in [0.3, 0.4) is 0 Å². The zero-order valence-electron chi connectivity index (χ0n) is 11.5. The highest BCUT2D eigenvalue weighted by Gasteiger charge is 2.49. The number of nitrogens with one attached hydrogen (secondary N) is 1. The molecule has 0 saturated heterocycles. The van der Waals surface area contributed by atoms with Crippen molar-refractivity contribution in [3.8, 4) is 0 Å². The number of hydrogen-bond donors (Lipinski definition) is 2. The number of rotatable bonds is 9. The van der Waals surface area contributed by atoms with Crippen LogP contribution >= 0.6 is 0 Å². The van der Waals surface area contributed by atoms with E-state index in [2.05, 4.69) is 31.1 Å². The van der Waals surface area contributed by atoms with Gasteiger partial charge in [0.1, 0.15) is 5.54 Å². The van der Waals surface area contributed by atoms with Crippen molar-refractivity contribution in [3.05, 3.63) is 0 Å². The first kappa shape index (κ1) is 14.5. The zero-order valence-corrected chi connectivity index (χ0v) is 11.5. The van der Waals surface area contributed by atoms with Crippen molar-refractivity contribution in [2.45, 2.75) is 45.1 Å². The van der Waals surface area contributed by atoms with Crippen LogP contribution in [0.5, 0.6) is 0 Å². The standard InChI is InChI=1S/C13H27N3O/c1-4-8-15-13(12(14)17,11-6-7-11)10-16(3)9-5-2/h11,15H,4-10H2,1-3H3,(H2,14,17). The highest BCUT2D eigenvalue weighted by Crippen LogP contribution is 2.40. The zero-order chi connectivity index (χ0) is 12.9. The SMILES string of the molecule is CCCNC(CN(C)CCC)(C(N)=O)C1CC1. The Bertz CT molecular complexity index is 253. The van der Waals surface area contributed by atoms with Gasteiger partial charge >= 0.3 is 0 Å². The van der Waals surface area contributed by atoms with Crippen molar-refractivity contribution < 1.29 is 4.79 Å². The number of hydrogen-bond acceptors (Lipinski definition) is 3. The molecule has 0 spiro atoms. The number of carbonyl (C=O) groups is 1. The molecule has 1 amide bonds. The summed E-state index contributed by atoms with van der Waals surface area (Å²) < 4.78 is 0. The van der Waals surface area contributed by atoms with Crippen LogP contribution in [0.15, 0.2) is 0 Å². The van der Waals surface area contributed by atoms with Crippen LogP contribution in [0.1, 0.15) is 39.5 Å². The lowest BCUT2D eigenvalue weighted by Crippen LogP contribution is -2.63. The van der Waals surface area contributed by atoms with E-state index >= 15 is 0 Å². The maximum Gasteiger partial charge on any atom is 0.239 e. The minimum Gasteiger partial charge on any atom is -0.368 e. The van der Waals surface area contributed by atoms with E-state index in [4.69, 9.17) is 5.73 Å². The van der Waals surface area contributed by atoms with Crippen LogP contribution in [-0.2, 0) is 4.79 Å². The van der Waals surface area contributed by atoms with Gasteiger partial charge in [-0.15, -0.1) is 0 Å². The van der Waals surface area contributed by atoms with Gasteiger partial charge in [-0.2, -0.15) is 0 Å². The van der Waals surface area contributed by atoms with Gasteiger partial charge in [0.15, 0.2) is 0 Å². The van der Waals surface area contributed by atoms with Crippen molar-refractivity contribution in [1.29, 1.82) is 0 Å². The Morgan fingerprint density at radius 1 is 1.41 bits per heavy atom. The van der Waals surface area contributed by atoms with E-state index in [0.29, 0.717) is 5.92 Å². The third-order valence-electron chi connectivity index (χ3n) is 3.53. The molecule has 0 radical (unpaired) electrons. The molecule has 100 valence electrons. The van der Waals surface area contributed by atoms with Gasteiger partial charge in [-0.25, -0.2) is 0 Å². The lowest BCUT2D eigenvalue weighted by molar-refractivity contribution is -0.126. The summed E-state index contributed by atoms with van der Waals surface area (Å²) in [6.07, 6.45) is 4.38. The first-order valence-electron chi connectivity index (χ1n) is 6.80. The summed E-state index contributed by atoms with van der Waals surface area (Å²) in [6, 6.07) is 0. The molecule has 1 aliphatic rings. The molecule has 0 aromatic heterocycles. The van der Waals surface area contributed by atoms with Crippen molar-refractivity contribution >= 4 is 5.91 Å². The normalized spacial score (nSPS) is 19.3. The maximum absolute atomic E-state index is 11.9. The van der Waals surface area contributed by atoms with E-state index < -0.39 is 5.54 Å². The predicted octanol–water partition coefficient (Wildman–Crippen LogP) is 0.962. The molecule has 0 aliphatic heterocycles. The van der Waals surface area contributed by atoms with Crippen LogP contribution in [0.25, 0.3) is 0 Å². The van der Waals surface area contributed by atoms with E-state index in [0.717, 1.165) is 45.3 Å². The van der Waals surface area contributed by atoms with Crippen LogP contribution in [0, 0.1) is 5.92 Å². The van der Waals surface area contributed by atoms with E-state index in [1.165, 1.54) is 0 Å². The molecule has 1 saturated carbocycles. The molecule has 1 unspecified atom stereocenters. The van der Waals surface area contributed by atoms with E-state index in [1.807, 2.05) is 0 Å². The number of amides is 1. The summed E-state index contributed by atoms with van der Waals surface area (Å²) >= 11 is 0. The Morgan fingerprint density at radius 2 is 2.06 bits per heavy atom. The molecular weight excluding hydrogens is 214 g/mol. The lowest BCUT2D eigenvalue weighted by Gasteiger charge is -2.35. The van der Waals surface area contributed by atoms with Gasteiger partial charge in [-0.3, -0.25) is 4.79 Å². The molecule has 4 nitrogen and oxygen atoms in total. The largest absolute Gasteiger partial charge is 0.368 e. The number of nitrogens with zero attached hydrogens (tertiary/aromatic N) is 1. The average Bonchev–Trinajstić information content (AvgIpc) is 3.08. The number of primary amides is 1. The second-order valence-electron chi connectivity index (χ2n) is 5.27. The maximum atomic E-state index is 11.9. The number of carbonyl (C=O) groups excluding carboxylic acids is 1. The summed E-state index contributed by atoms with van der Waals surface area (Å²) in [5, 5.41) is 3.42. The third kappa shape index (κ3) is 3.68. The van der Waals surface area contributed by atoms with Gasteiger partial charge in [0.2, 0.25) is 5.91 Å². The Balaban J connectivity index is 2.71. The quantitative estimate of drug-likeness (QED) is 0.632. The summed E-state index contributed by atoms with van der Waals surface area (Å²) in [6.45, 7) is 6.87. The fraction of sp³-hybridized carbons (Fsp3) is 0.923. The minimum absolute atomic E-state index is 0.184. The van der Waals surface area contributed by atoms with Crippen molar-refractivity contribution in [1.82, 2.24) is 10.2 Å². The van der Waals surface area contributed by atoms with E-state index in [1.54, 1.807) is 0 Å². The molecule has 1 rings (SSSR count). The second-order valence-corrected chi connectivity index (χ2v) is 5.27. The van der Waals surface area contributed by atoms with Gasteiger partial charge in [-0.1, -0.05) is 13.8 Å². The third-order valence-corrected chi connectivity index (χ3v) is 3.53. The molecule has 0 aromatic carbocycles. The van der Waals surface area contributed by atoms with Crippen molar-refractivity contribution in [3.63, 3.8) is 0 Å². The number of likely N-dealkylation sites (N-methyl/N-ethyl adjacent to an activating group) is 1. The molecule has 1 atom stereocenters. The Hall–Kier alpha value is -0.610. The molecule has 0 heterocycles. The first-order valence-corrected chi connectivity index (χ1v) is 6.80. The first-order chi connectivity index (χ1) is 8.06. The molecule has 0 bridgehead atoms. The molecule has 4 heteroatoms. The summed E-state index contributed by atoms with van der Waals surface area (Å²) in [5.74, 6) is 0.252. The monoisotopic (exact) mass is 241 g/mol. The average molecular weight is 241 g/mol. The van der Waals surface area contributed by atoms with Gasteiger partial charge in [0.05, 0.1) is 0 Å². The molecule has 1 aliphatic carbocycles. The van der Waals surface area contributed by atoms with Crippen LogP contribution in [-0.4, -0.2) is 43.0 Å². The molecule has 17 heavy (non-hydrogen) atoms. The predicted molar refractivity (Wildman–Crippen MR) is 70.7 cm³/mol. The van der Waals surface area contributed by atoms with Crippen molar-refractivity contribution in [2.24, 2.45) is 11.7 Å². The highest BCUT2D eigenvalue weighted by molar-refractivity contribution is 5.86. The molecule has 1 fully saturated rings. The van der Waals surface area contributed by atoms with Gasteiger partial charge in [0, 0.05) is 6.54 Å². The summed E-state index contributed by atoms with van der Waals surface area (Å²) in [4.78, 5) is 14.1. The lowest BCUT2D eigenvalue weighted by atomic mass is 9.91. The Morgan fingerprint density at radius 3 is 2.47 bits per heavy atom. The highest BCUT2D eigenvalue weighted by atomic mass is 16.1. The summed E-state index contributed by atoms with van der Waals surface area (Å²) in [7, 11) is 2.07. The van der Waals surface area contributed by atoms with E-state index in [9.17, 15) is 4.79 Å². The van der Waals surface area contributed by atoms with Crippen LogP contribution < -0.4 is 11.1 Å². The number of nitrogens with two attached hydrogens (primary N) is 1. The molecular formula is C13H27N3O. The van der Waals surface area contributed by atoms with Crippen LogP contribution in [0.2, 0.25) is 0 Å².